The maximum absolute atomic E-state index is 3.58. The smallest absolute Gasteiger partial charge is 0.00966 e. The van der Waals surface area contributed by atoms with E-state index in [1.54, 1.807) is 0 Å². The monoisotopic (exact) mass is 199 g/mol. The number of rotatable bonds is 5. The second kappa shape index (κ2) is 5.75. The van der Waals surface area contributed by atoms with E-state index in [2.05, 4.69) is 53.8 Å². The molecule has 0 fully saturated rings. The minimum Gasteiger partial charge on any atom is -0.312 e. The number of hydrogen-bond acceptors (Lipinski definition) is 1. The van der Waals surface area contributed by atoms with E-state index in [0.29, 0.717) is 0 Å². The zero-order valence-electron chi connectivity index (χ0n) is 11.1. The Morgan fingerprint density at radius 1 is 1.00 bits per heavy atom. The second-order valence-corrected chi connectivity index (χ2v) is 5.85. The lowest BCUT2D eigenvalue weighted by Crippen LogP contribution is -2.40. The highest BCUT2D eigenvalue weighted by Crippen LogP contribution is 2.22. The average Bonchev–Trinajstić information content (AvgIpc) is 2.10. The molecule has 86 valence electrons. The molecule has 0 rings (SSSR count). The van der Waals surface area contributed by atoms with Crippen molar-refractivity contribution in [1.82, 2.24) is 5.32 Å². The molecule has 0 heterocycles. The molecule has 0 aliphatic carbocycles. The average molecular weight is 199 g/mol. The highest BCUT2D eigenvalue weighted by Gasteiger charge is 2.19. The lowest BCUT2D eigenvalue weighted by Gasteiger charge is -2.29. The first kappa shape index (κ1) is 14.0. The van der Waals surface area contributed by atoms with Gasteiger partial charge in [0.15, 0.2) is 0 Å². The van der Waals surface area contributed by atoms with Crippen LogP contribution in [0.15, 0.2) is 0 Å². The van der Waals surface area contributed by atoms with Gasteiger partial charge in [0.05, 0.1) is 0 Å². The third-order valence-electron chi connectivity index (χ3n) is 3.39. The minimum absolute atomic E-state index is 0.253. The number of nitrogens with one attached hydrogen (secondary N) is 1. The summed E-state index contributed by atoms with van der Waals surface area (Å²) in [6.07, 6.45) is 1.29. The molecule has 0 amide bonds. The van der Waals surface area contributed by atoms with Crippen LogP contribution in [-0.2, 0) is 0 Å². The summed E-state index contributed by atoms with van der Waals surface area (Å²) in [5.74, 6) is 2.42. The summed E-state index contributed by atoms with van der Waals surface area (Å²) < 4.78 is 0. The maximum Gasteiger partial charge on any atom is 0.00966 e. The molecule has 3 unspecified atom stereocenters. The van der Waals surface area contributed by atoms with Crippen molar-refractivity contribution in [3.63, 3.8) is 0 Å². The van der Waals surface area contributed by atoms with Gasteiger partial charge in [-0.3, -0.25) is 0 Å². The summed E-state index contributed by atoms with van der Waals surface area (Å²) in [6, 6.07) is 0. The molecule has 1 heteroatoms. The Labute approximate surface area is 90.7 Å². The molecule has 1 nitrogen and oxygen atoms in total. The summed E-state index contributed by atoms with van der Waals surface area (Å²) in [5.41, 5.74) is 0.253. The SMILES string of the molecule is CCC(C)C(C)C(C)CNC(C)(C)C. The Morgan fingerprint density at radius 2 is 1.50 bits per heavy atom. The lowest BCUT2D eigenvalue weighted by atomic mass is 9.83. The normalized spacial score (nSPS) is 19.1. The first-order chi connectivity index (χ1) is 6.28. The fourth-order valence-corrected chi connectivity index (χ4v) is 1.59. The van der Waals surface area contributed by atoms with Gasteiger partial charge in [-0.2, -0.15) is 0 Å². The van der Waals surface area contributed by atoms with Crippen LogP contribution in [0.1, 0.15) is 54.9 Å². The Hall–Kier alpha value is -0.0400. The largest absolute Gasteiger partial charge is 0.312 e. The molecule has 0 saturated heterocycles. The Morgan fingerprint density at radius 3 is 1.86 bits per heavy atom. The molecule has 0 aromatic carbocycles. The highest BCUT2D eigenvalue weighted by molar-refractivity contribution is 4.75. The Kier molecular flexibility index (Phi) is 5.73. The predicted molar refractivity (Wildman–Crippen MR) is 65.5 cm³/mol. The van der Waals surface area contributed by atoms with Gasteiger partial charge in [-0.1, -0.05) is 34.1 Å². The molecule has 0 bridgehead atoms. The Bertz CT molecular complexity index is 146. The van der Waals surface area contributed by atoms with Crippen LogP contribution in [0.4, 0.5) is 0 Å². The van der Waals surface area contributed by atoms with Crippen molar-refractivity contribution in [3.05, 3.63) is 0 Å². The maximum atomic E-state index is 3.58. The zero-order valence-corrected chi connectivity index (χ0v) is 11.1. The van der Waals surface area contributed by atoms with Gasteiger partial charge in [-0.15, -0.1) is 0 Å². The molecule has 0 aromatic rings. The third kappa shape index (κ3) is 5.64. The van der Waals surface area contributed by atoms with E-state index in [9.17, 15) is 0 Å². The first-order valence-corrected chi connectivity index (χ1v) is 6.03. The fraction of sp³-hybridized carbons (Fsp3) is 1.00. The van der Waals surface area contributed by atoms with Gasteiger partial charge in [0.2, 0.25) is 0 Å². The van der Waals surface area contributed by atoms with Gasteiger partial charge in [0.1, 0.15) is 0 Å². The summed E-state index contributed by atoms with van der Waals surface area (Å²) in [4.78, 5) is 0. The van der Waals surface area contributed by atoms with Gasteiger partial charge < -0.3 is 5.32 Å². The number of hydrogen-bond donors (Lipinski definition) is 1. The summed E-state index contributed by atoms with van der Waals surface area (Å²) in [7, 11) is 0. The predicted octanol–water partition coefficient (Wildman–Crippen LogP) is 3.69. The standard InChI is InChI=1S/C13H29N/c1-8-10(2)12(4)11(3)9-14-13(5,6)7/h10-12,14H,8-9H2,1-7H3. The van der Waals surface area contributed by atoms with E-state index in [0.717, 1.165) is 24.3 Å². The molecular weight excluding hydrogens is 170 g/mol. The second-order valence-electron chi connectivity index (χ2n) is 5.85. The molecule has 0 radical (unpaired) electrons. The lowest BCUT2D eigenvalue weighted by molar-refractivity contribution is 0.247. The molecule has 14 heavy (non-hydrogen) atoms. The van der Waals surface area contributed by atoms with Crippen LogP contribution in [0.2, 0.25) is 0 Å². The van der Waals surface area contributed by atoms with Crippen LogP contribution in [0.5, 0.6) is 0 Å². The van der Waals surface area contributed by atoms with Crippen molar-refractivity contribution < 1.29 is 0 Å². The van der Waals surface area contributed by atoms with Gasteiger partial charge >= 0.3 is 0 Å². The van der Waals surface area contributed by atoms with E-state index in [-0.39, 0.29) is 5.54 Å². The van der Waals surface area contributed by atoms with Gasteiger partial charge in [0.25, 0.3) is 0 Å². The van der Waals surface area contributed by atoms with Crippen molar-refractivity contribution in [2.24, 2.45) is 17.8 Å². The van der Waals surface area contributed by atoms with E-state index in [4.69, 9.17) is 0 Å². The van der Waals surface area contributed by atoms with Crippen LogP contribution in [0.25, 0.3) is 0 Å². The van der Waals surface area contributed by atoms with Crippen molar-refractivity contribution >= 4 is 0 Å². The summed E-state index contributed by atoms with van der Waals surface area (Å²) in [5, 5.41) is 3.58. The van der Waals surface area contributed by atoms with Gasteiger partial charge in [0, 0.05) is 5.54 Å². The van der Waals surface area contributed by atoms with Gasteiger partial charge in [-0.05, 0) is 45.1 Å². The molecule has 0 spiro atoms. The van der Waals surface area contributed by atoms with Crippen molar-refractivity contribution in [2.45, 2.75) is 60.4 Å². The molecular formula is C13H29N. The molecule has 3 atom stereocenters. The minimum atomic E-state index is 0.253. The molecule has 0 aromatic heterocycles. The van der Waals surface area contributed by atoms with Crippen LogP contribution in [-0.4, -0.2) is 12.1 Å². The molecule has 0 aliphatic heterocycles. The van der Waals surface area contributed by atoms with Crippen LogP contribution in [0.3, 0.4) is 0 Å². The van der Waals surface area contributed by atoms with E-state index < -0.39 is 0 Å². The zero-order chi connectivity index (χ0) is 11.4. The van der Waals surface area contributed by atoms with Crippen LogP contribution < -0.4 is 5.32 Å². The van der Waals surface area contributed by atoms with Gasteiger partial charge in [-0.25, -0.2) is 0 Å². The third-order valence-corrected chi connectivity index (χ3v) is 3.39. The Balaban J connectivity index is 3.90. The first-order valence-electron chi connectivity index (χ1n) is 6.03. The molecule has 0 aliphatic rings. The quantitative estimate of drug-likeness (QED) is 0.712. The highest BCUT2D eigenvalue weighted by atomic mass is 14.9. The van der Waals surface area contributed by atoms with Crippen molar-refractivity contribution in [3.8, 4) is 0 Å². The van der Waals surface area contributed by atoms with E-state index in [1.807, 2.05) is 0 Å². The van der Waals surface area contributed by atoms with Crippen molar-refractivity contribution in [2.75, 3.05) is 6.54 Å². The van der Waals surface area contributed by atoms with Crippen molar-refractivity contribution in [1.29, 1.82) is 0 Å². The van der Waals surface area contributed by atoms with E-state index in [1.165, 1.54) is 6.42 Å². The van der Waals surface area contributed by atoms with Crippen LogP contribution in [0, 0.1) is 17.8 Å². The summed E-state index contributed by atoms with van der Waals surface area (Å²) in [6.45, 7) is 17.2. The fourth-order valence-electron chi connectivity index (χ4n) is 1.59. The molecule has 0 saturated carbocycles. The summed E-state index contributed by atoms with van der Waals surface area (Å²) >= 11 is 0. The molecule has 1 N–H and O–H groups in total. The van der Waals surface area contributed by atoms with Crippen LogP contribution >= 0.6 is 0 Å². The topological polar surface area (TPSA) is 12.0 Å². The van der Waals surface area contributed by atoms with E-state index >= 15 is 0 Å².